The van der Waals surface area contributed by atoms with Crippen molar-refractivity contribution < 1.29 is 9.53 Å². The number of aromatic nitrogens is 3. The predicted molar refractivity (Wildman–Crippen MR) is 137 cm³/mol. The average Bonchev–Trinajstić information content (AvgIpc) is 3.26. The highest BCUT2D eigenvalue weighted by Crippen LogP contribution is 2.30. The van der Waals surface area contributed by atoms with Crippen molar-refractivity contribution in [1.29, 1.82) is 0 Å². The normalized spacial score (nSPS) is 15.2. The molecule has 4 rings (SSSR count). The lowest BCUT2D eigenvalue weighted by atomic mass is 10.1. The maximum absolute atomic E-state index is 12.7. The van der Waals surface area contributed by atoms with E-state index in [1.807, 2.05) is 50.2 Å². The summed E-state index contributed by atoms with van der Waals surface area (Å²) >= 11 is 1.40. The molecule has 1 aliphatic heterocycles. The van der Waals surface area contributed by atoms with Crippen molar-refractivity contribution in [3.8, 4) is 11.4 Å². The number of hydrogen-bond acceptors (Lipinski definition) is 6. The van der Waals surface area contributed by atoms with Gasteiger partial charge in [0.25, 0.3) is 0 Å². The topological polar surface area (TPSA) is 72.3 Å². The van der Waals surface area contributed by atoms with Crippen LogP contribution in [0.15, 0.2) is 47.6 Å². The fraction of sp³-hybridized carbons (Fsp3) is 0.423. The molecule has 0 bridgehead atoms. The number of rotatable bonds is 8. The molecule has 7 nitrogen and oxygen atoms in total. The van der Waals surface area contributed by atoms with Crippen molar-refractivity contribution in [2.75, 3.05) is 31.3 Å². The summed E-state index contributed by atoms with van der Waals surface area (Å²) in [4.78, 5) is 15.2. The second kappa shape index (κ2) is 11.1. The molecule has 180 valence electrons. The number of thioether (sulfide) groups is 1. The Hall–Kier alpha value is -2.84. The molecule has 0 saturated carbocycles. The SMILES string of the molecule is COc1ccc(-n2c(SCC(=O)Nc3cc(C)cc(C)c3)nnc2[C@H](C)N2CCCCC2)cc1. The van der Waals surface area contributed by atoms with E-state index in [0.29, 0.717) is 5.16 Å². The molecule has 1 aromatic heterocycles. The predicted octanol–water partition coefficient (Wildman–Crippen LogP) is 5.17. The monoisotopic (exact) mass is 479 g/mol. The summed E-state index contributed by atoms with van der Waals surface area (Å²) in [5, 5.41) is 12.8. The Kier molecular flexibility index (Phi) is 7.90. The number of likely N-dealkylation sites (tertiary alicyclic amines) is 1. The number of aryl methyl sites for hydroxylation is 2. The van der Waals surface area contributed by atoms with Crippen molar-refractivity contribution in [2.45, 2.75) is 51.2 Å². The first-order valence-corrected chi connectivity index (χ1v) is 12.8. The molecular weight excluding hydrogens is 446 g/mol. The lowest BCUT2D eigenvalue weighted by Gasteiger charge is -2.31. The van der Waals surface area contributed by atoms with E-state index in [9.17, 15) is 4.79 Å². The van der Waals surface area contributed by atoms with Crippen LogP contribution < -0.4 is 10.1 Å². The van der Waals surface area contributed by atoms with Crippen molar-refractivity contribution in [3.05, 3.63) is 59.4 Å². The van der Waals surface area contributed by atoms with Crippen LogP contribution in [0.3, 0.4) is 0 Å². The van der Waals surface area contributed by atoms with Gasteiger partial charge in [0.2, 0.25) is 5.91 Å². The molecule has 0 spiro atoms. The molecule has 3 aromatic rings. The molecule has 2 aromatic carbocycles. The van der Waals surface area contributed by atoms with Crippen LogP contribution in [0.5, 0.6) is 5.75 Å². The first-order valence-electron chi connectivity index (χ1n) is 11.8. The highest BCUT2D eigenvalue weighted by molar-refractivity contribution is 7.99. The zero-order valence-electron chi connectivity index (χ0n) is 20.4. The molecule has 1 N–H and O–H groups in total. The van der Waals surface area contributed by atoms with Gasteiger partial charge in [-0.05, 0) is 94.2 Å². The number of anilines is 1. The number of carbonyl (C=O) groups excluding carboxylic acids is 1. The van der Waals surface area contributed by atoms with E-state index < -0.39 is 0 Å². The van der Waals surface area contributed by atoms with Gasteiger partial charge in [0.15, 0.2) is 11.0 Å². The molecule has 0 unspecified atom stereocenters. The maximum Gasteiger partial charge on any atom is 0.234 e. The Labute approximate surface area is 205 Å². The van der Waals surface area contributed by atoms with E-state index in [1.165, 1.54) is 31.0 Å². The van der Waals surface area contributed by atoms with Crippen LogP contribution in [-0.2, 0) is 4.79 Å². The van der Waals surface area contributed by atoms with Gasteiger partial charge in [-0.1, -0.05) is 24.2 Å². The minimum absolute atomic E-state index is 0.0649. The number of hydrogen-bond donors (Lipinski definition) is 1. The van der Waals surface area contributed by atoms with Crippen molar-refractivity contribution in [2.24, 2.45) is 0 Å². The first kappa shape index (κ1) is 24.3. The summed E-state index contributed by atoms with van der Waals surface area (Å²) in [5.41, 5.74) is 4.03. The van der Waals surface area contributed by atoms with E-state index in [1.54, 1.807) is 7.11 Å². The second-order valence-electron chi connectivity index (χ2n) is 8.86. The quantitative estimate of drug-likeness (QED) is 0.450. The minimum atomic E-state index is -0.0649. The van der Waals surface area contributed by atoms with Gasteiger partial charge in [-0.15, -0.1) is 10.2 Å². The summed E-state index contributed by atoms with van der Waals surface area (Å²) in [7, 11) is 1.66. The number of nitrogens with one attached hydrogen (secondary N) is 1. The molecule has 1 saturated heterocycles. The van der Waals surface area contributed by atoms with Gasteiger partial charge in [0, 0.05) is 11.4 Å². The van der Waals surface area contributed by atoms with Gasteiger partial charge in [0.05, 0.1) is 18.9 Å². The third kappa shape index (κ3) is 5.80. The first-order chi connectivity index (χ1) is 16.4. The zero-order chi connectivity index (χ0) is 24.1. The fourth-order valence-corrected chi connectivity index (χ4v) is 5.22. The summed E-state index contributed by atoms with van der Waals surface area (Å²) in [5.74, 6) is 1.87. The van der Waals surface area contributed by atoms with Crippen molar-refractivity contribution in [1.82, 2.24) is 19.7 Å². The fourth-order valence-electron chi connectivity index (χ4n) is 4.46. The van der Waals surface area contributed by atoms with Crippen LogP contribution in [0.1, 0.15) is 49.2 Å². The summed E-state index contributed by atoms with van der Waals surface area (Å²) < 4.78 is 7.41. The molecule has 2 heterocycles. The number of piperidine rings is 1. The van der Waals surface area contributed by atoms with Crippen LogP contribution in [-0.4, -0.2) is 51.5 Å². The largest absolute Gasteiger partial charge is 0.497 e. The summed E-state index contributed by atoms with van der Waals surface area (Å²) in [6.07, 6.45) is 3.70. The number of nitrogens with zero attached hydrogens (tertiary/aromatic N) is 4. The number of carbonyl (C=O) groups is 1. The zero-order valence-corrected chi connectivity index (χ0v) is 21.2. The Morgan fingerprint density at radius 1 is 1.06 bits per heavy atom. The van der Waals surface area contributed by atoms with Crippen LogP contribution >= 0.6 is 11.8 Å². The average molecular weight is 480 g/mol. The van der Waals surface area contributed by atoms with E-state index in [0.717, 1.165) is 47.2 Å². The van der Waals surface area contributed by atoms with Crippen molar-refractivity contribution in [3.63, 3.8) is 0 Å². The van der Waals surface area contributed by atoms with Gasteiger partial charge in [-0.2, -0.15) is 0 Å². The van der Waals surface area contributed by atoms with E-state index in [2.05, 4.69) is 38.0 Å². The molecule has 1 atom stereocenters. The van der Waals surface area contributed by atoms with Gasteiger partial charge in [0.1, 0.15) is 5.75 Å². The molecule has 0 radical (unpaired) electrons. The van der Waals surface area contributed by atoms with Crippen LogP contribution in [0.25, 0.3) is 5.69 Å². The molecular formula is C26H33N5O2S. The Bertz CT molecular complexity index is 1100. The van der Waals surface area contributed by atoms with E-state index >= 15 is 0 Å². The summed E-state index contributed by atoms with van der Waals surface area (Å²) in [6, 6.07) is 14.1. The minimum Gasteiger partial charge on any atom is -0.497 e. The highest BCUT2D eigenvalue weighted by Gasteiger charge is 2.26. The number of ether oxygens (including phenoxy) is 1. The van der Waals surface area contributed by atoms with Crippen LogP contribution in [0.2, 0.25) is 0 Å². The standard InChI is InChI=1S/C26H33N5O2S/c1-18-14-19(2)16-21(15-18)27-24(32)17-34-26-29-28-25(20(3)30-12-6-5-7-13-30)31(26)22-8-10-23(33-4)11-9-22/h8-11,14-16,20H,5-7,12-13,17H2,1-4H3,(H,27,32)/t20-/m0/s1. The van der Waals surface area contributed by atoms with Gasteiger partial charge >= 0.3 is 0 Å². The second-order valence-corrected chi connectivity index (χ2v) is 9.80. The molecule has 8 heteroatoms. The van der Waals surface area contributed by atoms with Gasteiger partial charge < -0.3 is 10.1 Å². The molecule has 1 fully saturated rings. The van der Waals surface area contributed by atoms with E-state index in [4.69, 9.17) is 4.74 Å². The number of benzene rings is 2. The highest BCUT2D eigenvalue weighted by atomic mass is 32.2. The Morgan fingerprint density at radius 3 is 2.38 bits per heavy atom. The third-order valence-corrected chi connectivity index (χ3v) is 7.07. The van der Waals surface area contributed by atoms with E-state index in [-0.39, 0.29) is 17.7 Å². The van der Waals surface area contributed by atoms with Crippen LogP contribution in [0.4, 0.5) is 5.69 Å². The Morgan fingerprint density at radius 2 is 1.74 bits per heavy atom. The maximum atomic E-state index is 12.7. The molecule has 1 amide bonds. The molecule has 1 aliphatic rings. The van der Waals surface area contributed by atoms with Crippen molar-refractivity contribution >= 4 is 23.4 Å². The number of amides is 1. The van der Waals surface area contributed by atoms with Gasteiger partial charge in [-0.25, -0.2) is 0 Å². The summed E-state index contributed by atoms with van der Waals surface area (Å²) in [6.45, 7) is 8.38. The lowest BCUT2D eigenvalue weighted by Crippen LogP contribution is -2.33. The molecule has 0 aliphatic carbocycles. The Balaban J connectivity index is 1.55. The smallest absolute Gasteiger partial charge is 0.234 e. The third-order valence-electron chi connectivity index (χ3n) is 6.14. The van der Waals surface area contributed by atoms with Crippen LogP contribution in [0, 0.1) is 13.8 Å². The van der Waals surface area contributed by atoms with Gasteiger partial charge in [-0.3, -0.25) is 14.3 Å². The lowest BCUT2D eigenvalue weighted by molar-refractivity contribution is -0.113. The number of methoxy groups -OCH3 is 1. The molecule has 34 heavy (non-hydrogen) atoms.